The molecule has 0 aliphatic rings. The summed E-state index contributed by atoms with van der Waals surface area (Å²) in [6.45, 7) is 3.74. The van der Waals surface area contributed by atoms with Crippen LogP contribution < -0.4 is 10.1 Å². The number of halogens is 1. The molecule has 0 saturated carbocycles. The second kappa shape index (κ2) is 7.79. The van der Waals surface area contributed by atoms with E-state index in [1.165, 1.54) is 18.2 Å². The number of aryl methyl sites for hydroxylation is 1. The predicted octanol–water partition coefficient (Wildman–Crippen LogP) is 4.35. The lowest BCUT2D eigenvalue weighted by atomic mass is 10.2. The number of hydrogen-bond donors (Lipinski definition) is 1. The molecular formula is C17H17ClN2O4. The molecule has 0 unspecified atom stereocenters. The average Bonchev–Trinajstić information content (AvgIpc) is 2.54. The van der Waals surface area contributed by atoms with E-state index in [4.69, 9.17) is 16.3 Å². The molecule has 1 amide bonds. The SMILES string of the molecule is CC[C@@H](Oc1cccc(C)c1)C(=O)Nc1cc([N+](=O)[O-])ccc1Cl. The van der Waals surface area contributed by atoms with E-state index in [0.29, 0.717) is 12.2 Å². The molecule has 0 bridgehead atoms. The molecule has 6 nitrogen and oxygen atoms in total. The Kier molecular flexibility index (Phi) is 5.76. The maximum absolute atomic E-state index is 12.4. The number of ether oxygens (including phenoxy) is 1. The Labute approximate surface area is 144 Å². The van der Waals surface area contributed by atoms with Gasteiger partial charge >= 0.3 is 0 Å². The van der Waals surface area contributed by atoms with E-state index in [2.05, 4.69) is 5.32 Å². The topological polar surface area (TPSA) is 81.5 Å². The molecular weight excluding hydrogens is 332 g/mol. The fourth-order valence-electron chi connectivity index (χ4n) is 2.11. The van der Waals surface area contributed by atoms with Crippen LogP contribution >= 0.6 is 11.6 Å². The number of carbonyl (C=O) groups excluding carboxylic acids is 1. The maximum Gasteiger partial charge on any atom is 0.271 e. The fourth-order valence-corrected chi connectivity index (χ4v) is 2.28. The molecule has 2 aromatic carbocycles. The van der Waals surface area contributed by atoms with Crippen LogP contribution in [0.25, 0.3) is 0 Å². The van der Waals surface area contributed by atoms with Gasteiger partial charge in [0.2, 0.25) is 0 Å². The molecule has 24 heavy (non-hydrogen) atoms. The zero-order chi connectivity index (χ0) is 17.7. The Morgan fingerprint density at radius 3 is 2.71 bits per heavy atom. The summed E-state index contributed by atoms with van der Waals surface area (Å²) in [5.41, 5.74) is 1.05. The highest BCUT2D eigenvalue weighted by molar-refractivity contribution is 6.33. The average molecular weight is 349 g/mol. The van der Waals surface area contributed by atoms with Crippen LogP contribution in [0.15, 0.2) is 42.5 Å². The standard InChI is InChI=1S/C17H17ClN2O4/c1-3-16(24-13-6-4-5-11(2)9-13)17(21)19-15-10-12(20(22)23)7-8-14(15)18/h4-10,16H,3H2,1-2H3,(H,19,21)/t16-/m1/s1. The maximum atomic E-state index is 12.4. The Balaban J connectivity index is 2.15. The van der Waals surface area contributed by atoms with Gasteiger partial charge in [0.25, 0.3) is 11.6 Å². The number of nitrogens with one attached hydrogen (secondary N) is 1. The van der Waals surface area contributed by atoms with Gasteiger partial charge in [0, 0.05) is 12.1 Å². The van der Waals surface area contributed by atoms with Crippen LogP contribution in [-0.4, -0.2) is 16.9 Å². The molecule has 0 fully saturated rings. The molecule has 0 heterocycles. The number of nitro benzene ring substituents is 1. The van der Waals surface area contributed by atoms with Crippen LogP contribution in [0.3, 0.4) is 0 Å². The van der Waals surface area contributed by atoms with Gasteiger partial charge < -0.3 is 10.1 Å². The van der Waals surface area contributed by atoms with E-state index < -0.39 is 16.9 Å². The fraction of sp³-hybridized carbons (Fsp3) is 0.235. The number of non-ortho nitro benzene ring substituents is 1. The smallest absolute Gasteiger partial charge is 0.271 e. The van der Waals surface area contributed by atoms with Crippen LogP contribution in [0.5, 0.6) is 5.75 Å². The van der Waals surface area contributed by atoms with Crippen LogP contribution in [-0.2, 0) is 4.79 Å². The minimum atomic E-state index is -0.734. The van der Waals surface area contributed by atoms with Crippen molar-refractivity contribution in [2.24, 2.45) is 0 Å². The van der Waals surface area contributed by atoms with Crippen molar-refractivity contribution in [3.63, 3.8) is 0 Å². The van der Waals surface area contributed by atoms with Gasteiger partial charge in [-0.15, -0.1) is 0 Å². The van der Waals surface area contributed by atoms with Crippen molar-refractivity contribution in [1.82, 2.24) is 0 Å². The molecule has 1 atom stereocenters. The van der Waals surface area contributed by atoms with Gasteiger partial charge in [0.15, 0.2) is 6.10 Å². The van der Waals surface area contributed by atoms with E-state index in [-0.39, 0.29) is 16.4 Å². The lowest BCUT2D eigenvalue weighted by molar-refractivity contribution is -0.384. The largest absolute Gasteiger partial charge is 0.481 e. The van der Waals surface area contributed by atoms with Crippen molar-refractivity contribution >= 4 is 28.9 Å². The third-order valence-electron chi connectivity index (χ3n) is 3.35. The molecule has 0 saturated heterocycles. The van der Waals surface area contributed by atoms with E-state index in [0.717, 1.165) is 5.56 Å². The molecule has 2 aromatic rings. The molecule has 0 aliphatic heterocycles. The number of rotatable bonds is 6. The van der Waals surface area contributed by atoms with Crippen molar-refractivity contribution in [1.29, 1.82) is 0 Å². The van der Waals surface area contributed by atoms with Gasteiger partial charge in [0.05, 0.1) is 15.6 Å². The number of amides is 1. The summed E-state index contributed by atoms with van der Waals surface area (Å²) in [6.07, 6.45) is -0.297. The first-order chi connectivity index (χ1) is 11.4. The number of anilines is 1. The monoisotopic (exact) mass is 348 g/mol. The highest BCUT2D eigenvalue weighted by Crippen LogP contribution is 2.27. The van der Waals surface area contributed by atoms with Crippen molar-refractivity contribution in [2.75, 3.05) is 5.32 Å². The Bertz CT molecular complexity index is 764. The lowest BCUT2D eigenvalue weighted by Gasteiger charge is -2.18. The van der Waals surface area contributed by atoms with Gasteiger partial charge in [-0.25, -0.2) is 0 Å². The van der Waals surface area contributed by atoms with Gasteiger partial charge in [0.1, 0.15) is 5.75 Å². The van der Waals surface area contributed by atoms with Crippen molar-refractivity contribution in [3.05, 3.63) is 63.2 Å². The predicted molar refractivity (Wildman–Crippen MR) is 92.6 cm³/mol. The third-order valence-corrected chi connectivity index (χ3v) is 3.68. The van der Waals surface area contributed by atoms with E-state index in [9.17, 15) is 14.9 Å². The zero-order valence-corrected chi connectivity index (χ0v) is 14.0. The van der Waals surface area contributed by atoms with Gasteiger partial charge in [-0.3, -0.25) is 14.9 Å². The first-order valence-corrected chi connectivity index (χ1v) is 7.76. The Hall–Kier alpha value is -2.60. The number of carbonyl (C=O) groups is 1. The first kappa shape index (κ1) is 17.7. The molecule has 0 spiro atoms. The summed E-state index contributed by atoms with van der Waals surface area (Å²) in [5, 5.41) is 13.7. The summed E-state index contributed by atoms with van der Waals surface area (Å²) in [4.78, 5) is 22.7. The molecule has 0 radical (unpaired) electrons. The van der Waals surface area contributed by atoms with Gasteiger partial charge in [-0.05, 0) is 37.1 Å². The summed E-state index contributed by atoms with van der Waals surface area (Å²) >= 11 is 6.00. The van der Waals surface area contributed by atoms with Crippen molar-refractivity contribution < 1.29 is 14.5 Å². The summed E-state index contributed by atoms with van der Waals surface area (Å²) in [5.74, 6) is 0.170. The normalized spacial score (nSPS) is 11.6. The van der Waals surface area contributed by atoms with Crippen LogP contribution in [0.1, 0.15) is 18.9 Å². The summed E-state index contributed by atoms with van der Waals surface area (Å²) in [7, 11) is 0. The highest BCUT2D eigenvalue weighted by atomic mass is 35.5. The number of hydrogen-bond acceptors (Lipinski definition) is 4. The molecule has 0 aliphatic carbocycles. The lowest BCUT2D eigenvalue weighted by Crippen LogP contribution is -2.32. The third kappa shape index (κ3) is 4.45. The molecule has 126 valence electrons. The molecule has 2 rings (SSSR count). The summed E-state index contributed by atoms with van der Waals surface area (Å²) in [6, 6.07) is 11.2. The second-order valence-corrected chi connectivity index (χ2v) is 5.65. The number of benzene rings is 2. The number of nitrogens with zero attached hydrogens (tertiary/aromatic N) is 1. The Morgan fingerprint density at radius 1 is 1.33 bits per heavy atom. The molecule has 1 N–H and O–H groups in total. The van der Waals surface area contributed by atoms with E-state index in [1.807, 2.05) is 32.0 Å². The highest BCUT2D eigenvalue weighted by Gasteiger charge is 2.20. The van der Waals surface area contributed by atoms with Crippen LogP contribution in [0.4, 0.5) is 11.4 Å². The summed E-state index contributed by atoms with van der Waals surface area (Å²) < 4.78 is 5.71. The van der Waals surface area contributed by atoms with Crippen LogP contribution in [0, 0.1) is 17.0 Å². The zero-order valence-electron chi connectivity index (χ0n) is 13.3. The quantitative estimate of drug-likeness (QED) is 0.621. The van der Waals surface area contributed by atoms with Gasteiger partial charge in [-0.1, -0.05) is 30.7 Å². The van der Waals surface area contributed by atoms with Gasteiger partial charge in [-0.2, -0.15) is 0 Å². The van der Waals surface area contributed by atoms with Crippen LogP contribution in [0.2, 0.25) is 5.02 Å². The molecule has 7 heteroatoms. The Morgan fingerprint density at radius 2 is 2.08 bits per heavy atom. The minimum Gasteiger partial charge on any atom is -0.481 e. The number of nitro groups is 1. The second-order valence-electron chi connectivity index (χ2n) is 5.24. The van der Waals surface area contributed by atoms with Crippen molar-refractivity contribution in [3.8, 4) is 5.75 Å². The van der Waals surface area contributed by atoms with E-state index in [1.54, 1.807) is 6.07 Å². The minimum absolute atomic E-state index is 0.151. The molecule has 0 aromatic heterocycles. The van der Waals surface area contributed by atoms with Crippen molar-refractivity contribution in [2.45, 2.75) is 26.4 Å². The first-order valence-electron chi connectivity index (χ1n) is 7.39. The van der Waals surface area contributed by atoms with E-state index >= 15 is 0 Å².